The van der Waals surface area contributed by atoms with Gasteiger partial charge in [-0.1, -0.05) is 6.07 Å². The molecular weight excluding hydrogens is 395 g/mol. The zero-order valence-corrected chi connectivity index (χ0v) is 15.5. The molecule has 1 unspecified atom stereocenters. The summed E-state index contributed by atoms with van der Waals surface area (Å²) in [6.07, 6.45) is -2.14. The van der Waals surface area contributed by atoms with Gasteiger partial charge < -0.3 is 10.6 Å². The van der Waals surface area contributed by atoms with Gasteiger partial charge >= 0.3 is 6.18 Å². The second-order valence-electron chi connectivity index (χ2n) is 5.82. The zero-order valence-electron chi connectivity index (χ0n) is 13.8. The van der Waals surface area contributed by atoms with E-state index in [0.29, 0.717) is 12.6 Å². The van der Waals surface area contributed by atoms with Crippen LogP contribution >= 0.6 is 12.4 Å². The van der Waals surface area contributed by atoms with Crippen LogP contribution in [0.2, 0.25) is 0 Å². The van der Waals surface area contributed by atoms with Crippen molar-refractivity contribution in [3.63, 3.8) is 0 Å². The molecule has 148 valence electrons. The van der Waals surface area contributed by atoms with Crippen LogP contribution in [0.25, 0.3) is 0 Å². The summed E-state index contributed by atoms with van der Waals surface area (Å²) >= 11 is 0. The number of nitrogens with zero attached hydrogens (tertiary/aromatic N) is 1. The van der Waals surface area contributed by atoms with E-state index in [4.69, 9.17) is 5.73 Å². The number of sulfonamides is 1. The van der Waals surface area contributed by atoms with Crippen molar-refractivity contribution in [3.8, 4) is 0 Å². The summed E-state index contributed by atoms with van der Waals surface area (Å²) in [6.45, 7) is 0.257. The van der Waals surface area contributed by atoms with Crippen LogP contribution in [0.15, 0.2) is 29.2 Å². The van der Waals surface area contributed by atoms with Crippen LogP contribution in [0, 0.1) is 0 Å². The summed E-state index contributed by atoms with van der Waals surface area (Å²) in [5.74, 6) is -0.439. The molecule has 1 aromatic rings. The van der Waals surface area contributed by atoms with Crippen LogP contribution in [0.1, 0.15) is 24.8 Å². The lowest BCUT2D eigenvalue weighted by Gasteiger charge is -2.35. The average Bonchev–Trinajstić information content (AvgIpc) is 2.59. The SMILES string of the molecule is Cl.NCC1CCCCN1C(=O)CNS(=O)(=O)c1cccc(C(F)(F)F)c1. The van der Waals surface area contributed by atoms with Crippen molar-refractivity contribution in [1.82, 2.24) is 9.62 Å². The lowest BCUT2D eigenvalue weighted by molar-refractivity contribution is -0.137. The van der Waals surface area contributed by atoms with Crippen LogP contribution < -0.4 is 10.5 Å². The summed E-state index contributed by atoms with van der Waals surface area (Å²) in [7, 11) is -4.23. The lowest BCUT2D eigenvalue weighted by atomic mass is 10.0. The number of rotatable bonds is 5. The molecule has 26 heavy (non-hydrogen) atoms. The van der Waals surface area contributed by atoms with Gasteiger partial charge in [-0.05, 0) is 37.5 Å². The van der Waals surface area contributed by atoms with E-state index in [1.54, 1.807) is 0 Å². The Kier molecular flexibility index (Phi) is 7.87. The summed E-state index contributed by atoms with van der Waals surface area (Å²) in [6, 6.07) is 3.24. The Bertz CT molecular complexity index is 728. The van der Waals surface area contributed by atoms with Crippen molar-refractivity contribution in [2.45, 2.75) is 36.4 Å². The molecule has 1 aliphatic heterocycles. The van der Waals surface area contributed by atoms with Gasteiger partial charge in [0.15, 0.2) is 0 Å². The molecular formula is C15H21ClF3N3O3S. The third kappa shape index (κ3) is 5.57. The van der Waals surface area contributed by atoms with Crippen molar-refractivity contribution in [2.24, 2.45) is 5.73 Å². The molecule has 0 radical (unpaired) electrons. The normalized spacial score (nSPS) is 18.3. The minimum atomic E-state index is -4.65. The van der Waals surface area contributed by atoms with E-state index in [1.165, 1.54) is 4.90 Å². The van der Waals surface area contributed by atoms with Crippen LogP contribution in [0.4, 0.5) is 13.2 Å². The first-order chi connectivity index (χ1) is 11.6. The number of hydrogen-bond acceptors (Lipinski definition) is 4. The molecule has 1 saturated heterocycles. The third-order valence-electron chi connectivity index (χ3n) is 4.10. The summed E-state index contributed by atoms with van der Waals surface area (Å²) < 4.78 is 64.5. The second kappa shape index (κ2) is 9.03. The van der Waals surface area contributed by atoms with Gasteiger partial charge in [0, 0.05) is 19.1 Å². The van der Waals surface area contributed by atoms with Gasteiger partial charge in [-0.2, -0.15) is 13.2 Å². The van der Waals surface area contributed by atoms with E-state index < -0.39 is 39.1 Å². The highest BCUT2D eigenvalue weighted by molar-refractivity contribution is 7.89. The van der Waals surface area contributed by atoms with E-state index >= 15 is 0 Å². The van der Waals surface area contributed by atoms with Crippen molar-refractivity contribution in [2.75, 3.05) is 19.6 Å². The first-order valence-corrected chi connectivity index (χ1v) is 9.30. The molecule has 0 spiro atoms. The Morgan fingerprint density at radius 1 is 1.31 bits per heavy atom. The Balaban J connectivity index is 0.00000338. The molecule has 6 nitrogen and oxygen atoms in total. The number of nitrogens with two attached hydrogens (primary N) is 1. The summed E-state index contributed by atoms with van der Waals surface area (Å²) in [5.41, 5.74) is 4.55. The predicted molar refractivity (Wildman–Crippen MR) is 92.3 cm³/mol. The molecule has 1 aromatic carbocycles. The molecule has 2 rings (SSSR count). The molecule has 1 aliphatic rings. The van der Waals surface area contributed by atoms with E-state index in [1.807, 2.05) is 0 Å². The van der Waals surface area contributed by atoms with E-state index in [-0.39, 0.29) is 25.0 Å². The van der Waals surface area contributed by atoms with E-state index in [9.17, 15) is 26.4 Å². The Morgan fingerprint density at radius 3 is 2.62 bits per heavy atom. The zero-order chi connectivity index (χ0) is 18.7. The number of benzene rings is 1. The minimum Gasteiger partial charge on any atom is -0.337 e. The highest BCUT2D eigenvalue weighted by Gasteiger charge is 2.32. The second-order valence-corrected chi connectivity index (χ2v) is 7.59. The average molecular weight is 416 g/mol. The number of carbonyl (C=O) groups is 1. The van der Waals surface area contributed by atoms with Gasteiger partial charge in [0.1, 0.15) is 0 Å². The maximum absolute atomic E-state index is 12.7. The van der Waals surface area contributed by atoms with Crippen molar-refractivity contribution in [1.29, 1.82) is 0 Å². The van der Waals surface area contributed by atoms with Gasteiger partial charge in [-0.3, -0.25) is 4.79 Å². The number of carbonyl (C=O) groups excluding carboxylic acids is 1. The van der Waals surface area contributed by atoms with E-state index in [0.717, 1.165) is 37.5 Å². The first kappa shape index (κ1) is 22.7. The molecule has 3 N–H and O–H groups in total. The molecule has 0 aromatic heterocycles. The van der Waals surface area contributed by atoms with Gasteiger partial charge in [-0.15, -0.1) is 12.4 Å². The lowest BCUT2D eigenvalue weighted by Crippen LogP contribution is -2.50. The minimum absolute atomic E-state index is 0. The van der Waals surface area contributed by atoms with Gasteiger partial charge in [-0.25, -0.2) is 13.1 Å². The number of halogens is 4. The van der Waals surface area contributed by atoms with Crippen LogP contribution in [-0.2, 0) is 21.0 Å². The number of likely N-dealkylation sites (tertiary alicyclic amines) is 1. The maximum Gasteiger partial charge on any atom is 0.416 e. The van der Waals surface area contributed by atoms with E-state index in [2.05, 4.69) is 4.72 Å². The topological polar surface area (TPSA) is 92.5 Å². The van der Waals surface area contributed by atoms with Crippen LogP contribution in [0.3, 0.4) is 0 Å². The number of amides is 1. The fourth-order valence-corrected chi connectivity index (χ4v) is 3.78. The van der Waals surface area contributed by atoms with Crippen molar-refractivity contribution >= 4 is 28.3 Å². The molecule has 1 amide bonds. The monoisotopic (exact) mass is 415 g/mol. The number of piperidine rings is 1. The standard InChI is InChI=1S/C15H20F3N3O3S.ClH/c16-15(17,18)11-4-3-6-13(8-11)25(23,24)20-10-14(22)21-7-2-1-5-12(21)9-19;/h3-4,6,8,12,20H,1-2,5,7,9-10,19H2;1H. The molecule has 1 atom stereocenters. The highest BCUT2D eigenvalue weighted by atomic mass is 35.5. The Labute approximate surface area is 156 Å². The van der Waals surface area contributed by atoms with Gasteiger partial charge in [0.05, 0.1) is 17.0 Å². The van der Waals surface area contributed by atoms with Crippen molar-refractivity contribution in [3.05, 3.63) is 29.8 Å². The fraction of sp³-hybridized carbons (Fsp3) is 0.533. The van der Waals surface area contributed by atoms with Gasteiger partial charge in [0.2, 0.25) is 15.9 Å². The van der Waals surface area contributed by atoms with Gasteiger partial charge in [0.25, 0.3) is 0 Å². The van der Waals surface area contributed by atoms with Crippen LogP contribution in [-0.4, -0.2) is 44.9 Å². The molecule has 11 heteroatoms. The molecule has 0 aliphatic carbocycles. The quantitative estimate of drug-likeness (QED) is 0.766. The molecule has 1 fully saturated rings. The smallest absolute Gasteiger partial charge is 0.337 e. The predicted octanol–water partition coefficient (Wildman–Crippen LogP) is 1.75. The Hall–Kier alpha value is -1.36. The largest absolute Gasteiger partial charge is 0.416 e. The molecule has 0 saturated carbocycles. The first-order valence-electron chi connectivity index (χ1n) is 7.81. The summed E-state index contributed by atoms with van der Waals surface area (Å²) in [4.78, 5) is 13.2. The Morgan fingerprint density at radius 2 is 2.00 bits per heavy atom. The number of hydrogen-bond donors (Lipinski definition) is 2. The fourth-order valence-electron chi connectivity index (χ4n) is 2.76. The number of alkyl halides is 3. The molecule has 1 heterocycles. The molecule has 0 bridgehead atoms. The summed E-state index contributed by atoms with van der Waals surface area (Å²) in [5, 5.41) is 0. The third-order valence-corrected chi connectivity index (χ3v) is 5.50. The number of nitrogens with one attached hydrogen (secondary N) is 1. The van der Waals surface area contributed by atoms with Crippen LogP contribution in [0.5, 0.6) is 0 Å². The highest BCUT2D eigenvalue weighted by Crippen LogP contribution is 2.30. The van der Waals surface area contributed by atoms with Crippen molar-refractivity contribution < 1.29 is 26.4 Å². The maximum atomic E-state index is 12.7.